The lowest BCUT2D eigenvalue weighted by Gasteiger charge is -2.01. The van der Waals surface area contributed by atoms with E-state index in [4.69, 9.17) is 0 Å². The van der Waals surface area contributed by atoms with Crippen molar-refractivity contribution < 1.29 is 9.53 Å². The van der Waals surface area contributed by atoms with Gasteiger partial charge in [0, 0.05) is 5.69 Å². The highest BCUT2D eigenvalue weighted by atomic mass is 16.5. The molecule has 1 rings (SSSR count). The lowest BCUT2D eigenvalue weighted by molar-refractivity contribution is 0.187. The molecular weight excluding hydrogens is 202 g/mol. The summed E-state index contributed by atoms with van der Waals surface area (Å²) in [7, 11) is 1.33. The molecule has 0 saturated heterocycles. The molecule has 0 aliphatic heterocycles. The zero-order valence-corrected chi connectivity index (χ0v) is 10.5. The van der Waals surface area contributed by atoms with E-state index in [9.17, 15) is 4.79 Å². The first kappa shape index (κ1) is 14.5. The Kier molecular flexibility index (Phi) is 7.94. The van der Waals surface area contributed by atoms with Gasteiger partial charge in [-0.25, -0.2) is 4.79 Å². The van der Waals surface area contributed by atoms with Gasteiger partial charge in [0.1, 0.15) is 0 Å². The molecule has 3 heteroatoms. The Balaban J connectivity index is 0.000000385. The maximum Gasteiger partial charge on any atom is 0.411 e. The molecule has 0 unspecified atom stereocenters. The molecule has 0 heterocycles. The SMILES string of the molecule is CCC(C)C.COC(=O)Nc1ccccc1. The molecule has 3 nitrogen and oxygen atoms in total. The van der Waals surface area contributed by atoms with E-state index in [2.05, 4.69) is 30.8 Å². The second kappa shape index (κ2) is 8.77. The number of methoxy groups -OCH3 is 1. The molecule has 0 aliphatic carbocycles. The summed E-state index contributed by atoms with van der Waals surface area (Å²) >= 11 is 0. The first-order chi connectivity index (χ1) is 7.60. The molecule has 1 aromatic rings. The first-order valence-corrected chi connectivity index (χ1v) is 5.50. The summed E-state index contributed by atoms with van der Waals surface area (Å²) < 4.78 is 4.40. The Labute approximate surface area is 97.8 Å². The Hall–Kier alpha value is -1.51. The number of carbonyl (C=O) groups excluding carboxylic acids is 1. The van der Waals surface area contributed by atoms with Gasteiger partial charge < -0.3 is 4.74 Å². The lowest BCUT2D eigenvalue weighted by atomic mass is 10.2. The summed E-state index contributed by atoms with van der Waals surface area (Å²) in [6.07, 6.45) is 0.858. The lowest BCUT2D eigenvalue weighted by Crippen LogP contribution is -2.10. The van der Waals surface area contributed by atoms with Gasteiger partial charge in [0.2, 0.25) is 0 Å². The molecule has 0 radical (unpaired) electrons. The molecule has 0 saturated carbocycles. The van der Waals surface area contributed by atoms with Crippen LogP contribution in [0, 0.1) is 5.92 Å². The minimum Gasteiger partial charge on any atom is -0.453 e. The number of anilines is 1. The Morgan fingerprint density at radius 3 is 2.19 bits per heavy atom. The van der Waals surface area contributed by atoms with Crippen LogP contribution in [0.3, 0.4) is 0 Å². The van der Waals surface area contributed by atoms with Crippen LogP contribution in [-0.2, 0) is 4.74 Å². The van der Waals surface area contributed by atoms with Crippen molar-refractivity contribution in [2.24, 2.45) is 5.92 Å². The van der Waals surface area contributed by atoms with Gasteiger partial charge in [-0.3, -0.25) is 5.32 Å². The number of hydrogen-bond acceptors (Lipinski definition) is 2. The summed E-state index contributed by atoms with van der Waals surface area (Å²) in [5, 5.41) is 2.53. The van der Waals surface area contributed by atoms with E-state index in [-0.39, 0.29) is 0 Å². The van der Waals surface area contributed by atoms with Gasteiger partial charge in [-0.15, -0.1) is 0 Å². The third kappa shape index (κ3) is 7.85. The Morgan fingerprint density at radius 2 is 1.81 bits per heavy atom. The monoisotopic (exact) mass is 223 g/mol. The maximum atomic E-state index is 10.6. The number of ether oxygens (including phenoxy) is 1. The van der Waals surface area contributed by atoms with Crippen LogP contribution in [0.5, 0.6) is 0 Å². The summed E-state index contributed by atoms with van der Waals surface area (Å²) in [4.78, 5) is 10.6. The third-order valence-corrected chi connectivity index (χ3v) is 2.02. The van der Waals surface area contributed by atoms with Gasteiger partial charge in [-0.05, 0) is 18.1 Å². The molecule has 0 aromatic heterocycles. The molecule has 1 amide bonds. The number of nitrogens with one attached hydrogen (secondary N) is 1. The summed E-state index contributed by atoms with van der Waals surface area (Å²) in [5.41, 5.74) is 0.736. The van der Waals surface area contributed by atoms with Gasteiger partial charge in [0.05, 0.1) is 7.11 Å². The zero-order valence-electron chi connectivity index (χ0n) is 10.5. The quantitative estimate of drug-likeness (QED) is 0.825. The van der Waals surface area contributed by atoms with E-state index in [1.54, 1.807) is 12.1 Å². The van der Waals surface area contributed by atoms with Gasteiger partial charge in [-0.1, -0.05) is 45.4 Å². The van der Waals surface area contributed by atoms with Crippen LogP contribution in [0.1, 0.15) is 27.2 Å². The van der Waals surface area contributed by atoms with Crippen LogP contribution in [0.2, 0.25) is 0 Å². The van der Waals surface area contributed by atoms with Gasteiger partial charge in [-0.2, -0.15) is 0 Å². The second-order valence-corrected chi connectivity index (χ2v) is 3.78. The number of hydrogen-bond donors (Lipinski definition) is 1. The molecule has 0 spiro atoms. The normalized spacial score (nSPS) is 9.06. The van der Waals surface area contributed by atoms with Gasteiger partial charge in [0.15, 0.2) is 0 Å². The molecule has 0 bridgehead atoms. The highest BCUT2D eigenvalue weighted by molar-refractivity contribution is 5.84. The van der Waals surface area contributed by atoms with Crippen LogP contribution in [-0.4, -0.2) is 13.2 Å². The largest absolute Gasteiger partial charge is 0.453 e. The van der Waals surface area contributed by atoms with E-state index in [0.717, 1.165) is 11.6 Å². The van der Waals surface area contributed by atoms with Crippen molar-refractivity contribution in [2.75, 3.05) is 12.4 Å². The van der Waals surface area contributed by atoms with Crippen LogP contribution < -0.4 is 5.32 Å². The molecular formula is C13H21NO2. The number of amides is 1. The van der Waals surface area contributed by atoms with Crippen molar-refractivity contribution in [2.45, 2.75) is 27.2 Å². The van der Waals surface area contributed by atoms with E-state index >= 15 is 0 Å². The van der Waals surface area contributed by atoms with E-state index in [1.807, 2.05) is 18.2 Å². The number of rotatable bonds is 2. The van der Waals surface area contributed by atoms with E-state index in [0.29, 0.717) is 0 Å². The molecule has 16 heavy (non-hydrogen) atoms. The highest BCUT2D eigenvalue weighted by Crippen LogP contribution is 2.04. The van der Waals surface area contributed by atoms with Crippen molar-refractivity contribution in [1.82, 2.24) is 0 Å². The fourth-order valence-corrected chi connectivity index (χ4v) is 0.690. The summed E-state index contributed by atoms with van der Waals surface area (Å²) in [6, 6.07) is 9.13. The van der Waals surface area contributed by atoms with Crippen molar-refractivity contribution >= 4 is 11.8 Å². The highest BCUT2D eigenvalue weighted by Gasteiger charge is 1.96. The second-order valence-electron chi connectivity index (χ2n) is 3.78. The summed E-state index contributed by atoms with van der Waals surface area (Å²) in [6.45, 7) is 6.64. The van der Waals surface area contributed by atoms with Crippen molar-refractivity contribution in [3.8, 4) is 0 Å². The van der Waals surface area contributed by atoms with E-state index in [1.165, 1.54) is 13.5 Å². The van der Waals surface area contributed by atoms with Crippen LogP contribution >= 0.6 is 0 Å². The molecule has 0 aliphatic rings. The average Bonchev–Trinajstić information content (AvgIpc) is 2.31. The minimum atomic E-state index is -0.448. The molecule has 1 aromatic carbocycles. The van der Waals surface area contributed by atoms with Crippen LogP contribution in [0.25, 0.3) is 0 Å². The molecule has 0 fully saturated rings. The molecule has 1 N–H and O–H groups in total. The van der Waals surface area contributed by atoms with Gasteiger partial charge in [0.25, 0.3) is 0 Å². The van der Waals surface area contributed by atoms with E-state index < -0.39 is 6.09 Å². The van der Waals surface area contributed by atoms with Crippen molar-refractivity contribution in [3.63, 3.8) is 0 Å². The van der Waals surface area contributed by atoms with Crippen molar-refractivity contribution in [3.05, 3.63) is 30.3 Å². The fraction of sp³-hybridized carbons (Fsp3) is 0.462. The van der Waals surface area contributed by atoms with Gasteiger partial charge >= 0.3 is 6.09 Å². The smallest absolute Gasteiger partial charge is 0.411 e. The maximum absolute atomic E-state index is 10.6. The Morgan fingerprint density at radius 1 is 1.31 bits per heavy atom. The van der Waals surface area contributed by atoms with Crippen molar-refractivity contribution in [1.29, 1.82) is 0 Å². The average molecular weight is 223 g/mol. The first-order valence-electron chi connectivity index (χ1n) is 5.50. The third-order valence-electron chi connectivity index (χ3n) is 2.02. The Bertz CT molecular complexity index is 283. The van der Waals surface area contributed by atoms with Crippen LogP contribution in [0.15, 0.2) is 30.3 Å². The zero-order chi connectivity index (χ0) is 12.4. The standard InChI is InChI=1S/C8H9NO2.C5H12/c1-11-8(10)9-7-5-3-2-4-6-7;1-4-5(2)3/h2-6H,1H3,(H,9,10);5H,4H2,1-3H3. The number of carbonyl (C=O) groups is 1. The fourth-order valence-electron chi connectivity index (χ4n) is 0.690. The number of para-hydroxylation sites is 1. The predicted octanol–water partition coefficient (Wildman–Crippen LogP) is 3.92. The predicted molar refractivity (Wildman–Crippen MR) is 67.6 cm³/mol. The summed E-state index contributed by atoms with van der Waals surface area (Å²) in [5.74, 6) is 0.884. The topological polar surface area (TPSA) is 38.3 Å². The molecule has 90 valence electrons. The number of benzene rings is 1. The minimum absolute atomic E-state index is 0.448. The molecule has 0 atom stereocenters. The van der Waals surface area contributed by atoms with Crippen LogP contribution in [0.4, 0.5) is 10.5 Å².